The quantitative estimate of drug-likeness (QED) is 0.124. The number of hydrogen-bond donors (Lipinski definition) is 1. The van der Waals surface area contributed by atoms with Crippen LogP contribution in [0.1, 0.15) is 11.1 Å². The predicted molar refractivity (Wildman–Crippen MR) is 175 cm³/mol. The van der Waals surface area contributed by atoms with E-state index in [0.29, 0.717) is 36.6 Å². The van der Waals surface area contributed by atoms with E-state index >= 15 is 0 Å². The monoisotopic (exact) mass is 743 g/mol. The molecule has 0 saturated heterocycles. The van der Waals surface area contributed by atoms with Gasteiger partial charge in [0.2, 0.25) is 0 Å². The lowest BCUT2D eigenvalue weighted by molar-refractivity contribution is -0.119. The molecule has 1 amide bonds. The van der Waals surface area contributed by atoms with Crippen molar-refractivity contribution >= 4 is 90.2 Å². The van der Waals surface area contributed by atoms with Crippen molar-refractivity contribution in [3.63, 3.8) is 0 Å². The molecule has 0 heterocycles. The highest BCUT2D eigenvalue weighted by molar-refractivity contribution is 9.10. The first-order chi connectivity index (χ1) is 20.5. The summed E-state index contributed by atoms with van der Waals surface area (Å²) >= 11 is 28.0. The van der Waals surface area contributed by atoms with Gasteiger partial charge in [0.05, 0.1) is 33.4 Å². The molecule has 14 heteroatoms. The van der Waals surface area contributed by atoms with E-state index < -0.39 is 22.5 Å². The fraction of sp³-hybridized carbons (Fsp3) is 0.103. The van der Waals surface area contributed by atoms with Crippen LogP contribution in [0.5, 0.6) is 11.5 Å². The Morgan fingerprint density at radius 3 is 2.28 bits per heavy atom. The molecule has 8 nitrogen and oxygen atoms in total. The number of benzene rings is 4. The lowest BCUT2D eigenvalue weighted by atomic mass is 10.2. The van der Waals surface area contributed by atoms with E-state index in [4.69, 9.17) is 55.9 Å². The standard InChI is InChI=1S/C29H22BrCl4N3O5S/c1-41-27-12-18(11-23(30)29(27)42-17-19-7-8-20(31)13-24(19)33)15-35-36-28(38)16-37(26-10-9-21(32)14-25(26)34)43(39,40)22-5-3-2-4-6-22/h2-15H,16-17H2,1H3,(H,36,38)/b35-15-. The molecule has 43 heavy (non-hydrogen) atoms. The number of nitrogens with zero attached hydrogens (tertiary/aromatic N) is 2. The maximum atomic E-state index is 13.5. The topological polar surface area (TPSA) is 97.3 Å². The number of amides is 1. The van der Waals surface area contributed by atoms with Gasteiger partial charge in [-0.05, 0) is 76.1 Å². The summed E-state index contributed by atoms with van der Waals surface area (Å²) in [5.74, 6) is 0.105. The Kier molecular flexibility index (Phi) is 11.2. The van der Waals surface area contributed by atoms with Gasteiger partial charge in [-0.2, -0.15) is 5.10 Å². The molecule has 4 rings (SSSR count). The predicted octanol–water partition coefficient (Wildman–Crippen LogP) is 8.00. The molecule has 1 N–H and O–H groups in total. The molecule has 0 spiro atoms. The summed E-state index contributed by atoms with van der Waals surface area (Å²) in [6.45, 7) is -0.447. The van der Waals surface area contributed by atoms with Crippen molar-refractivity contribution in [2.75, 3.05) is 18.0 Å². The molecule has 0 atom stereocenters. The average molecular weight is 746 g/mol. The lowest BCUT2D eigenvalue weighted by Crippen LogP contribution is -2.39. The van der Waals surface area contributed by atoms with Crippen LogP contribution >= 0.6 is 62.3 Å². The van der Waals surface area contributed by atoms with Crippen molar-refractivity contribution in [3.8, 4) is 11.5 Å². The molecule has 224 valence electrons. The third-order valence-electron chi connectivity index (χ3n) is 5.84. The molecule has 0 aliphatic rings. The number of ether oxygens (including phenoxy) is 2. The Hall–Kier alpha value is -2.99. The molecular weight excluding hydrogens is 724 g/mol. The summed E-state index contributed by atoms with van der Waals surface area (Å²) in [6, 6.07) is 20.4. The van der Waals surface area contributed by atoms with Gasteiger partial charge in [-0.3, -0.25) is 9.10 Å². The number of rotatable bonds is 11. The molecule has 0 aliphatic heterocycles. The number of hydrazone groups is 1. The Balaban J connectivity index is 1.50. The number of methoxy groups -OCH3 is 1. The number of anilines is 1. The Morgan fingerprint density at radius 1 is 0.953 bits per heavy atom. The maximum Gasteiger partial charge on any atom is 0.264 e. The minimum absolute atomic E-state index is 0.0186. The minimum atomic E-state index is -4.17. The third kappa shape index (κ3) is 8.35. The van der Waals surface area contributed by atoms with Crippen molar-refractivity contribution < 1.29 is 22.7 Å². The second-order valence-electron chi connectivity index (χ2n) is 8.77. The molecule has 0 fully saturated rings. The minimum Gasteiger partial charge on any atom is -0.493 e. The molecule has 0 radical (unpaired) electrons. The van der Waals surface area contributed by atoms with E-state index in [2.05, 4.69) is 26.5 Å². The highest BCUT2D eigenvalue weighted by Gasteiger charge is 2.28. The van der Waals surface area contributed by atoms with Crippen molar-refractivity contribution in [1.29, 1.82) is 0 Å². The Labute approximate surface area is 277 Å². The molecule has 0 aliphatic carbocycles. The molecule has 0 aromatic heterocycles. The fourth-order valence-electron chi connectivity index (χ4n) is 3.79. The van der Waals surface area contributed by atoms with Crippen LogP contribution in [0.4, 0.5) is 5.69 Å². The molecular formula is C29H22BrCl4N3O5S. The number of carbonyl (C=O) groups is 1. The van der Waals surface area contributed by atoms with Gasteiger partial charge in [0, 0.05) is 20.6 Å². The summed E-state index contributed by atoms with van der Waals surface area (Å²) < 4.78 is 39.8. The zero-order chi connectivity index (χ0) is 31.1. The van der Waals surface area contributed by atoms with Crippen LogP contribution in [0.2, 0.25) is 20.1 Å². The van der Waals surface area contributed by atoms with E-state index in [1.165, 1.54) is 43.7 Å². The Bertz CT molecular complexity index is 1780. The first-order valence-electron chi connectivity index (χ1n) is 12.3. The average Bonchev–Trinajstić information content (AvgIpc) is 2.96. The van der Waals surface area contributed by atoms with Gasteiger partial charge < -0.3 is 9.47 Å². The van der Waals surface area contributed by atoms with Gasteiger partial charge in [-0.15, -0.1) is 0 Å². The first kappa shape index (κ1) is 32.9. The third-order valence-corrected chi connectivity index (χ3v) is 9.33. The highest BCUT2D eigenvalue weighted by atomic mass is 79.9. The van der Waals surface area contributed by atoms with Crippen LogP contribution in [0.3, 0.4) is 0 Å². The second kappa shape index (κ2) is 14.7. The van der Waals surface area contributed by atoms with Crippen LogP contribution in [0.15, 0.2) is 93.3 Å². The van der Waals surface area contributed by atoms with Gasteiger partial charge in [0.25, 0.3) is 15.9 Å². The summed E-state index contributed by atoms with van der Waals surface area (Å²) in [7, 11) is -2.69. The summed E-state index contributed by atoms with van der Waals surface area (Å²) in [4.78, 5) is 12.9. The van der Waals surface area contributed by atoms with Crippen LogP contribution in [0, 0.1) is 0 Å². The van der Waals surface area contributed by atoms with E-state index in [1.807, 2.05) is 0 Å². The van der Waals surface area contributed by atoms with E-state index in [0.717, 1.165) is 9.87 Å². The Morgan fingerprint density at radius 2 is 1.63 bits per heavy atom. The van der Waals surface area contributed by atoms with Crippen LogP contribution in [-0.2, 0) is 21.4 Å². The zero-order valence-corrected chi connectivity index (χ0v) is 27.7. The van der Waals surface area contributed by atoms with E-state index in [1.54, 1.807) is 48.5 Å². The molecule has 0 saturated carbocycles. The summed E-state index contributed by atoms with van der Waals surface area (Å²) in [5, 5.41) is 5.34. The number of nitrogens with one attached hydrogen (secondary N) is 1. The SMILES string of the molecule is COc1cc(/C=N\NC(=O)CN(c2ccc(Cl)cc2Cl)S(=O)(=O)c2ccccc2)cc(Br)c1OCc1ccc(Cl)cc1Cl. The van der Waals surface area contributed by atoms with Crippen LogP contribution in [0.25, 0.3) is 0 Å². The zero-order valence-electron chi connectivity index (χ0n) is 22.2. The van der Waals surface area contributed by atoms with Crippen molar-refractivity contribution in [2.45, 2.75) is 11.5 Å². The first-order valence-corrected chi connectivity index (χ1v) is 16.0. The van der Waals surface area contributed by atoms with Gasteiger partial charge in [-0.25, -0.2) is 13.8 Å². The van der Waals surface area contributed by atoms with Crippen molar-refractivity contribution in [2.24, 2.45) is 5.10 Å². The van der Waals surface area contributed by atoms with Crippen LogP contribution in [-0.4, -0.2) is 34.2 Å². The van der Waals surface area contributed by atoms with Crippen LogP contribution < -0.4 is 19.2 Å². The molecule has 0 unspecified atom stereocenters. The van der Waals surface area contributed by atoms with Gasteiger partial charge >= 0.3 is 0 Å². The fourth-order valence-corrected chi connectivity index (χ4v) is 6.85. The smallest absolute Gasteiger partial charge is 0.264 e. The van der Waals surface area contributed by atoms with E-state index in [9.17, 15) is 13.2 Å². The summed E-state index contributed by atoms with van der Waals surface area (Å²) in [6.07, 6.45) is 1.37. The van der Waals surface area contributed by atoms with E-state index in [-0.39, 0.29) is 22.2 Å². The molecule has 0 bridgehead atoms. The van der Waals surface area contributed by atoms with Crippen molar-refractivity contribution in [1.82, 2.24) is 5.43 Å². The van der Waals surface area contributed by atoms with Gasteiger partial charge in [-0.1, -0.05) is 70.7 Å². The number of sulfonamides is 1. The number of carbonyl (C=O) groups excluding carboxylic acids is 1. The van der Waals surface area contributed by atoms with Gasteiger partial charge in [0.1, 0.15) is 13.2 Å². The van der Waals surface area contributed by atoms with Crippen molar-refractivity contribution in [3.05, 3.63) is 115 Å². The number of halogens is 5. The highest BCUT2D eigenvalue weighted by Crippen LogP contribution is 2.37. The second-order valence-corrected chi connectivity index (χ2v) is 13.2. The number of hydrogen-bond acceptors (Lipinski definition) is 6. The maximum absolute atomic E-state index is 13.5. The van der Waals surface area contributed by atoms with Gasteiger partial charge in [0.15, 0.2) is 11.5 Å². The molecule has 4 aromatic rings. The molecule has 4 aromatic carbocycles. The normalized spacial score (nSPS) is 11.4. The summed E-state index contributed by atoms with van der Waals surface area (Å²) in [5.41, 5.74) is 3.72. The largest absolute Gasteiger partial charge is 0.493 e. The lowest BCUT2D eigenvalue weighted by Gasteiger charge is -2.24.